The number of rotatable bonds is 4. The van der Waals surface area contributed by atoms with Crippen LogP contribution in [0.5, 0.6) is 0 Å². The second-order valence-electron chi connectivity index (χ2n) is 6.86. The van der Waals surface area contributed by atoms with Crippen LogP contribution in [-0.4, -0.2) is 0 Å². The number of benzene rings is 2. The Balaban J connectivity index is 2.30. The van der Waals surface area contributed by atoms with Crippen LogP contribution in [0.3, 0.4) is 0 Å². The maximum atomic E-state index is 6.34. The molecule has 0 fully saturated rings. The maximum absolute atomic E-state index is 6.34. The minimum atomic E-state index is 0.240. The van der Waals surface area contributed by atoms with Crippen LogP contribution in [0.4, 0.5) is 5.69 Å². The number of hydrogen-bond donors (Lipinski definition) is 1. The standard InChI is InChI=1S/C19H24ClN/c1-14-10-11-16(20)17(12-14)21-18(13-19(2,3)4)15-8-6-5-7-9-15/h5-12,18,21H,13H2,1-4H3. The Hall–Kier alpha value is -1.47. The summed E-state index contributed by atoms with van der Waals surface area (Å²) in [6.07, 6.45) is 1.04. The lowest BCUT2D eigenvalue weighted by molar-refractivity contribution is 0.352. The topological polar surface area (TPSA) is 12.0 Å². The predicted octanol–water partition coefficient (Wildman–Crippen LogP) is 6.24. The molecule has 0 spiro atoms. The van der Waals surface area contributed by atoms with Gasteiger partial charge >= 0.3 is 0 Å². The summed E-state index contributed by atoms with van der Waals surface area (Å²) < 4.78 is 0. The molecule has 0 aliphatic heterocycles. The number of nitrogens with one attached hydrogen (secondary N) is 1. The third-order valence-corrected chi connectivity index (χ3v) is 3.80. The molecule has 0 heterocycles. The van der Waals surface area contributed by atoms with Crippen LogP contribution < -0.4 is 5.32 Å². The largest absolute Gasteiger partial charge is 0.377 e. The third-order valence-electron chi connectivity index (χ3n) is 3.47. The molecule has 112 valence electrons. The second kappa shape index (κ2) is 6.53. The van der Waals surface area contributed by atoms with Crippen molar-refractivity contribution in [2.75, 3.05) is 5.32 Å². The van der Waals surface area contributed by atoms with Crippen molar-refractivity contribution in [2.24, 2.45) is 5.41 Å². The van der Waals surface area contributed by atoms with Crippen molar-refractivity contribution >= 4 is 17.3 Å². The normalized spacial score (nSPS) is 13.0. The molecule has 2 aromatic carbocycles. The third kappa shape index (κ3) is 4.78. The molecule has 0 aliphatic carbocycles. The van der Waals surface area contributed by atoms with E-state index in [1.807, 2.05) is 12.1 Å². The number of halogens is 1. The van der Waals surface area contributed by atoms with Crippen LogP contribution in [0.1, 0.15) is 44.4 Å². The number of hydrogen-bond acceptors (Lipinski definition) is 1. The van der Waals surface area contributed by atoms with Gasteiger partial charge in [0.25, 0.3) is 0 Å². The van der Waals surface area contributed by atoms with E-state index >= 15 is 0 Å². The van der Waals surface area contributed by atoms with Gasteiger partial charge in [-0.05, 0) is 42.0 Å². The molecule has 2 heteroatoms. The van der Waals surface area contributed by atoms with Gasteiger partial charge in [-0.15, -0.1) is 0 Å². The van der Waals surface area contributed by atoms with E-state index in [0.717, 1.165) is 17.1 Å². The minimum absolute atomic E-state index is 0.240. The van der Waals surface area contributed by atoms with Gasteiger partial charge in [0, 0.05) is 0 Å². The van der Waals surface area contributed by atoms with E-state index < -0.39 is 0 Å². The summed E-state index contributed by atoms with van der Waals surface area (Å²) in [4.78, 5) is 0. The molecule has 1 N–H and O–H groups in total. The Morgan fingerprint density at radius 3 is 2.33 bits per heavy atom. The summed E-state index contributed by atoms with van der Waals surface area (Å²) in [5, 5.41) is 4.40. The van der Waals surface area contributed by atoms with Gasteiger partial charge in [0.15, 0.2) is 0 Å². The van der Waals surface area contributed by atoms with Crippen molar-refractivity contribution in [3.8, 4) is 0 Å². The summed E-state index contributed by atoms with van der Waals surface area (Å²) in [6.45, 7) is 8.89. The summed E-state index contributed by atoms with van der Waals surface area (Å²) in [7, 11) is 0. The number of anilines is 1. The van der Waals surface area contributed by atoms with Crippen LogP contribution in [0.25, 0.3) is 0 Å². The second-order valence-corrected chi connectivity index (χ2v) is 7.26. The van der Waals surface area contributed by atoms with Gasteiger partial charge in [0.1, 0.15) is 0 Å². The SMILES string of the molecule is Cc1ccc(Cl)c(NC(CC(C)(C)C)c2ccccc2)c1. The molecule has 0 saturated heterocycles. The zero-order valence-electron chi connectivity index (χ0n) is 13.3. The molecule has 0 aromatic heterocycles. The van der Waals surface area contributed by atoms with Crippen molar-refractivity contribution in [2.45, 2.75) is 40.2 Å². The first-order chi connectivity index (χ1) is 9.85. The van der Waals surface area contributed by atoms with Crippen molar-refractivity contribution in [1.82, 2.24) is 0 Å². The van der Waals surface area contributed by atoms with E-state index in [1.54, 1.807) is 0 Å². The molecule has 0 saturated carbocycles. The first-order valence-corrected chi connectivity index (χ1v) is 7.80. The van der Waals surface area contributed by atoms with Crippen molar-refractivity contribution in [1.29, 1.82) is 0 Å². The molecule has 1 unspecified atom stereocenters. The van der Waals surface area contributed by atoms with Gasteiger partial charge in [-0.3, -0.25) is 0 Å². The van der Waals surface area contributed by atoms with Crippen LogP contribution >= 0.6 is 11.6 Å². The van der Waals surface area contributed by atoms with E-state index in [0.29, 0.717) is 0 Å². The molecular weight excluding hydrogens is 278 g/mol. The van der Waals surface area contributed by atoms with Gasteiger partial charge in [-0.25, -0.2) is 0 Å². The average Bonchev–Trinajstić information content (AvgIpc) is 2.42. The van der Waals surface area contributed by atoms with E-state index in [4.69, 9.17) is 11.6 Å². The Morgan fingerprint density at radius 2 is 1.71 bits per heavy atom. The van der Waals surface area contributed by atoms with Gasteiger partial charge in [0.2, 0.25) is 0 Å². The molecule has 0 aliphatic rings. The monoisotopic (exact) mass is 301 g/mol. The summed E-state index contributed by atoms with van der Waals surface area (Å²) in [5.41, 5.74) is 3.76. The van der Waals surface area contributed by atoms with Crippen molar-refractivity contribution in [3.05, 3.63) is 64.7 Å². The molecule has 1 nitrogen and oxygen atoms in total. The van der Waals surface area contributed by atoms with Crippen LogP contribution in [0.15, 0.2) is 48.5 Å². The lowest BCUT2D eigenvalue weighted by Gasteiger charge is -2.28. The van der Waals surface area contributed by atoms with Crippen molar-refractivity contribution < 1.29 is 0 Å². The fraction of sp³-hybridized carbons (Fsp3) is 0.368. The Morgan fingerprint density at radius 1 is 1.05 bits per heavy atom. The molecule has 2 rings (SSSR count). The molecule has 21 heavy (non-hydrogen) atoms. The van der Waals surface area contributed by atoms with Gasteiger partial charge in [-0.2, -0.15) is 0 Å². The van der Waals surface area contributed by atoms with Crippen LogP contribution in [0, 0.1) is 12.3 Å². The highest BCUT2D eigenvalue weighted by molar-refractivity contribution is 6.33. The summed E-state index contributed by atoms with van der Waals surface area (Å²) >= 11 is 6.34. The van der Waals surface area contributed by atoms with Gasteiger partial charge < -0.3 is 5.32 Å². The highest BCUT2D eigenvalue weighted by Crippen LogP contribution is 2.34. The minimum Gasteiger partial charge on any atom is -0.377 e. The van der Waals surface area contributed by atoms with Crippen LogP contribution in [-0.2, 0) is 0 Å². The lowest BCUT2D eigenvalue weighted by Crippen LogP contribution is -2.18. The van der Waals surface area contributed by atoms with E-state index in [9.17, 15) is 0 Å². The predicted molar refractivity (Wildman–Crippen MR) is 93.1 cm³/mol. The Labute approximate surface area is 133 Å². The van der Waals surface area contributed by atoms with E-state index in [-0.39, 0.29) is 11.5 Å². The fourth-order valence-corrected chi connectivity index (χ4v) is 2.66. The van der Waals surface area contributed by atoms with Gasteiger partial charge in [-0.1, -0.05) is 68.8 Å². The quantitative estimate of drug-likeness (QED) is 0.705. The Kier molecular flexibility index (Phi) is 4.95. The number of aryl methyl sites for hydroxylation is 1. The van der Waals surface area contributed by atoms with Gasteiger partial charge in [0.05, 0.1) is 16.8 Å². The first kappa shape index (κ1) is 15.9. The molecule has 0 amide bonds. The smallest absolute Gasteiger partial charge is 0.0637 e. The zero-order valence-corrected chi connectivity index (χ0v) is 14.0. The molecule has 0 bridgehead atoms. The highest BCUT2D eigenvalue weighted by Gasteiger charge is 2.20. The molecule has 1 atom stereocenters. The lowest BCUT2D eigenvalue weighted by atomic mass is 9.85. The summed E-state index contributed by atoms with van der Waals surface area (Å²) in [6, 6.07) is 16.9. The highest BCUT2D eigenvalue weighted by atomic mass is 35.5. The maximum Gasteiger partial charge on any atom is 0.0637 e. The van der Waals surface area contributed by atoms with Crippen molar-refractivity contribution in [3.63, 3.8) is 0 Å². The molecule has 2 aromatic rings. The zero-order chi connectivity index (χ0) is 15.5. The van der Waals surface area contributed by atoms with E-state index in [2.05, 4.69) is 69.4 Å². The molecular formula is C19H24ClN. The first-order valence-electron chi connectivity index (χ1n) is 7.43. The Bertz CT molecular complexity index is 584. The van der Waals surface area contributed by atoms with Crippen LogP contribution in [0.2, 0.25) is 5.02 Å². The molecule has 0 radical (unpaired) electrons. The average molecular weight is 302 g/mol. The summed E-state index contributed by atoms with van der Waals surface area (Å²) in [5.74, 6) is 0. The fourth-order valence-electron chi connectivity index (χ4n) is 2.49. The van der Waals surface area contributed by atoms with E-state index in [1.165, 1.54) is 11.1 Å².